The highest BCUT2D eigenvalue weighted by molar-refractivity contribution is 7.89. The average molecular weight is 435 g/mol. The molecular weight excluding hydrogens is 407 g/mol. The van der Waals surface area contributed by atoms with Gasteiger partial charge in [0.1, 0.15) is 11.6 Å². The number of hydrogen-bond acceptors (Lipinski definition) is 4. The molecule has 3 rings (SSSR count). The molecule has 0 bridgehead atoms. The number of sulfonamides is 1. The first-order valence-electron chi connectivity index (χ1n) is 10.2. The van der Waals surface area contributed by atoms with Crippen molar-refractivity contribution >= 4 is 21.6 Å². The largest absolute Gasteiger partial charge is 0.494 e. The second kappa shape index (κ2) is 10.0. The van der Waals surface area contributed by atoms with Gasteiger partial charge in [-0.2, -0.15) is 4.31 Å². The van der Waals surface area contributed by atoms with Crippen LogP contribution in [0.2, 0.25) is 0 Å². The van der Waals surface area contributed by atoms with E-state index < -0.39 is 15.8 Å². The number of amides is 1. The van der Waals surface area contributed by atoms with Gasteiger partial charge in [-0.25, -0.2) is 12.8 Å². The highest BCUT2D eigenvalue weighted by atomic mass is 32.2. The first-order chi connectivity index (χ1) is 14.4. The third-order valence-electron chi connectivity index (χ3n) is 5.14. The smallest absolute Gasteiger partial charge is 0.243 e. The molecule has 2 aromatic carbocycles. The summed E-state index contributed by atoms with van der Waals surface area (Å²) in [6.45, 7) is 3.24. The van der Waals surface area contributed by atoms with Crippen molar-refractivity contribution in [3.63, 3.8) is 0 Å². The van der Waals surface area contributed by atoms with E-state index in [1.54, 1.807) is 24.3 Å². The van der Waals surface area contributed by atoms with Gasteiger partial charge >= 0.3 is 0 Å². The van der Waals surface area contributed by atoms with Gasteiger partial charge in [0.25, 0.3) is 0 Å². The number of hydrogen-bond donors (Lipinski definition) is 1. The highest BCUT2D eigenvalue weighted by Crippen LogP contribution is 2.27. The Kier molecular flexibility index (Phi) is 7.44. The Bertz CT molecular complexity index is 963. The van der Waals surface area contributed by atoms with Crippen molar-refractivity contribution in [1.82, 2.24) is 4.31 Å². The molecule has 162 valence electrons. The van der Waals surface area contributed by atoms with Crippen molar-refractivity contribution in [2.24, 2.45) is 5.92 Å². The quantitative estimate of drug-likeness (QED) is 0.680. The van der Waals surface area contributed by atoms with Crippen molar-refractivity contribution in [1.29, 1.82) is 0 Å². The van der Waals surface area contributed by atoms with Crippen LogP contribution in [-0.2, 0) is 14.8 Å². The Balaban J connectivity index is 1.53. The SMILES string of the molecule is CCOc1ccc(NC(=O)CCC2CCCN(S(=O)(=O)c3cccc(F)c3)C2)cc1. The molecule has 1 unspecified atom stereocenters. The second-order valence-electron chi connectivity index (χ2n) is 7.37. The van der Waals surface area contributed by atoms with Gasteiger partial charge in [0.05, 0.1) is 11.5 Å². The second-order valence-corrected chi connectivity index (χ2v) is 9.31. The van der Waals surface area contributed by atoms with E-state index >= 15 is 0 Å². The predicted molar refractivity (Wildman–Crippen MR) is 113 cm³/mol. The van der Waals surface area contributed by atoms with E-state index in [1.165, 1.54) is 22.5 Å². The van der Waals surface area contributed by atoms with Gasteiger partial charge in [0.15, 0.2) is 0 Å². The molecule has 1 atom stereocenters. The molecule has 1 aliphatic heterocycles. The number of benzene rings is 2. The van der Waals surface area contributed by atoms with E-state index in [0.717, 1.165) is 24.7 Å². The molecular formula is C22H27FN2O4S. The van der Waals surface area contributed by atoms with Crippen molar-refractivity contribution in [3.8, 4) is 5.75 Å². The molecule has 1 amide bonds. The normalized spacial score (nSPS) is 17.5. The molecule has 2 aromatic rings. The van der Waals surface area contributed by atoms with E-state index in [-0.39, 0.29) is 16.7 Å². The molecule has 0 saturated carbocycles. The van der Waals surface area contributed by atoms with Gasteiger partial charge in [0.2, 0.25) is 15.9 Å². The van der Waals surface area contributed by atoms with Crippen molar-refractivity contribution in [2.45, 2.75) is 37.5 Å². The van der Waals surface area contributed by atoms with Gasteiger partial charge in [0, 0.05) is 25.2 Å². The lowest BCUT2D eigenvalue weighted by molar-refractivity contribution is -0.116. The summed E-state index contributed by atoms with van der Waals surface area (Å²) < 4.78 is 45.9. The lowest BCUT2D eigenvalue weighted by Crippen LogP contribution is -2.40. The number of halogens is 1. The summed E-state index contributed by atoms with van der Waals surface area (Å²) in [6, 6.07) is 12.3. The van der Waals surface area contributed by atoms with Gasteiger partial charge in [-0.1, -0.05) is 6.07 Å². The van der Waals surface area contributed by atoms with Crippen LogP contribution in [0.3, 0.4) is 0 Å². The maximum atomic E-state index is 13.5. The van der Waals surface area contributed by atoms with Crippen LogP contribution in [0.4, 0.5) is 10.1 Å². The predicted octanol–water partition coefficient (Wildman–Crippen LogP) is 4.04. The first-order valence-corrected chi connectivity index (χ1v) is 11.6. The topological polar surface area (TPSA) is 75.7 Å². The minimum absolute atomic E-state index is 0.0311. The van der Waals surface area contributed by atoms with Crippen LogP contribution in [-0.4, -0.2) is 38.3 Å². The monoisotopic (exact) mass is 434 g/mol. The van der Waals surface area contributed by atoms with Crippen LogP contribution in [0.25, 0.3) is 0 Å². The number of nitrogens with zero attached hydrogens (tertiary/aromatic N) is 1. The zero-order chi connectivity index (χ0) is 21.6. The minimum atomic E-state index is -3.73. The Morgan fingerprint density at radius 2 is 2.00 bits per heavy atom. The summed E-state index contributed by atoms with van der Waals surface area (Å²) >= 11 is 0. The van der Waals surface area contributed by atoms with Crippen molar-refractivity contribution in [2.75, 3.05) is 25.0 Å². The van der Waals surface area contributed by atoms with E-state index in [0.29, 0.717) is 38.2 Å². The fraction of sp³-hybridized carbons (Fsp3) is 0.409. The third kappa shape index (κ3) is 5.79. The number of piperidine rings is 1. The zero-order valence-electron chi connectivity index (χ0n) is 17.0. The van der Waals surface area contributed by atoms with Crippen molar-refractivity contribution < 1.29 is 22.3 Å². The summed E-state index contributed by atoms with van der Waals surface area (Å²) in [5, 5.41) is 2.86. The summed E-state index contributed by atoms with van der Waals surface area (Å²) in [5.41, 5.74) is 0.697. The average Bonchev–Trinajstić information content (AvgIpc) is 2.74. The van der Waals surface area contributed by atoms with Gasteiger partial charge in [-0.15, -0.1) is 0 Å². The molecule has 1 N–H and O–H groups in total. The van der Waals surface area contributed by atoms with Crippen LogP contribution in [0.1, 0.15) is 32.6 Å². The molecule has 0 radical (unpaired) electrons. The van der Waals surface area contributed by atoms with Gasteiger partial charge in [-0.05, 0) is 74.6 Å². The molecule has 0 aromatic heterocycles. The van der Waals surface area contributed by atoms with Crippen LogP contribution < -0.4 is 10.1 Å². The fourth-order valence-electron chi connectivity index (χ4n) is 3.62. The summed E-state index contributed by atoms with van der Waals surface area (Å²) in [4.78, 5) is 12.3. The number of anilines is 1. The van der Waals surface area contributed by atoms with Crippen LogP contribution in [0.5, 0.6) is 5.75 Å². The Morgan fingerprint density at radius 1 is 1.23 bits per heavy atom. The third-order valence-corrected chi connectivity index (χ3v) is 7.01. The van der Waals surface area contributed by atoms with E-state index in [2.05, 4.69) is 5.32 Å². The Hall–Kier alpha value is -2.45. The molecule has 0 aliphatic carbocycles. The van der Waals surface area contributed by atoms with E-state index in [9.17, 15) is 17.6 Å². The van der Waals surface area contributed by atoms with Gasteiger partial charge in [-0.3, -0.25) is 4.79 Å². The molecule has 6 nitrogen and oxygen atoms in total. The maximum absolute atomic E-state index is 13.5. The van der Waals surface area contributed by atoms with Crippen molar-refractivity contribution in [3.05, 3.63) is 54.3 Å². The summed E-state index contributed by atoms with van der Waals surface area (Å²) in [6.07, 6.45) is 2.50. The molecule has 1 heterocycles. The summed E-state index contributed by atoms with van der Waals surface area (Å²) in [5.74, 6) is 0.158. The maximum Gasteiger partial charge on any atom is 0.243 e. The number of ether oxygens (including phenoxy) is 1. The standard InChI is InChI=1S/C22H27FN2O4S/c1-2-29-20-11-9-19(10-12-20)24-22(26)13-8-17-5-4-14-25(16-17)30(27,28)21-7-3-6-18(23)15-21/h3,6-7,9-12,15,17H,2,4-5,8,13-14,16H2,1H3,(H,24,26). The van der Waals surface area contributed by atoms with Crippen LogP contribution in [0.15, 0.2) is 53.4 Å². The lowest BCUT2D eigenvalue weighted by Gasteiger charge is -2.32. The summed E-state index contributed by atoms with van der Waals surface area (Å²) in [7, 11) is -3.73. The highest BCUT2D eigenvalue weighted by Gasteiger charge is 2.30. The molecule has 30 heavy (non-hydrogen) atoms. The number of carbonyl (C=O) groups excluding carboxylic acids is 1. The molecule has 8 heteroatoms. The number of carbonyl (C=O) groups is 1. The Labute approximate surface area is 177 Å². The fourth-order valence-corrected chi connectivity index (χ4v) is 5.20. The number of rotatable bonds is 8. The van der Waals surface area contributed by atoms with Crippen LogP contribution in [0, 0.1) is 11.7 Å². The molecule has 0 spiro atoms. The van der Waals surface area contributed by atoms with E-state index in [1.807, 2.05) is 6.92 Å². The minimum Gasteiger partial charge on any atom is -0.494 e. The molecule has 1 saturated heterocycles. The molecule has 1 fully saturated rings. The zero-order valence-corrected chi connectivity index (χ0v) is 17.8. The Morgan fingerprint density at radius 3 is 2.70 bits per heavy atom. The number of nitrogens with one attached hydrogen (secondary N) is 1. The first kappa shape index (κ1) is 22.2. The lowest BCUT2D eigenvalue weighted by atomic mass is 9.94. The van der Waals surface area contributed by atoms with Gasteiger partial charge < -0.3 is 10.1 Å². The molecule has 1 aliphatic rings. The van der Waals surface area contributed by atoms with E-state index in [4.69, 9.17) is 4.74 Å². The van der Waals surface area contributed by atoms with Crippen LogP contribution >= 0.6 is 0 Å².